The fraction of sp³-hybridized carbons (Fsp3) is 0.308. The average molecular weight is 308 g/mol. The van der Waals surface area contributed by atoms with E-state index in [1.165, 1.54) is 11.8 Å². The Kier molecular flexibility index (Phi) is 5.37. The van der Waals surface area contributed by atoms with Crippen molar-refractivity contribution in [3.05, 3.63) is 34.9 Å². The highest BCUT2D eigenvalue weighted by Crippen LogP contribution is 2.17. The van der Waals surface area contributed by atoms with Gasteiger partial charge in [0.1, 0.15) is 0 Å². The molecule has 0 fully saturated rings. The summed E-state index contributed by atoms with van der Waals surface area (Å²) in [4.78, 5) is 20.2. The lowest BCUT2D eigenvalue weighted by molar-refractivity contribution is 0.251. The molecular weight excluding hydrogens is 292 g/mol. The van der Waals surface area contributed by atoms with Crippen LogP contribution in [0.4, 0.5) is 10.5 Å². The third-order valence-corrected chi connectivity index (χ3v) is 4.29. The van der Waals surface area contributed by atoms with E-state index in [0.717, 1.165) is 15.7 Å². The highest BCUT2D eigenvalue weighted by Gasteiger charge is 2.10. The van der Waals surface area contributed by atoms with Gasteiger partial charge in [-0.3, -0.25) is 0 Å². The maximum atomic E-state index is 11.8. The third kappa shape index (κ3) is 4.21. The zero-order chi connectivity index (χ0) is 14.4. The summed E-state index contributed by atoms with van der Waals surface area (Å²) >= 11 is 3.13. The highest BCUT2D eigenvalue weighted by molar-refractivity contribution is 7.98. The fourth-order valence-corrected chi connectivity index (χ4v) is 2.69. The van der Waals surface area contributed by atoms with E-state index in [9.17, 15) is 4.79 Å². The Morgan fingerprint density at radius 3 is 3.00 bits per heavy atom. The summed E-state index contributed by atoms with van der Waals surface area (Å²) in [6, 6.07) is 3.39. The number of carbonyl (C=O) groups excluding carboxylic acids is 1. The van der Waals surface area contributed by atoms with Crippen molar-refractivity contribution >= 4 is 34.8 Å². The largest absolute Gasteiger partial charge is 0.337 e. The molecule has 2 N–H and O–H groups in total. The van der Waals surface area contributed by atoms with Crippen molar-refractivity contribution in [3.8, 4) is 0 Å². The summed E-state index contributed by atoms with van der Waals surface area (Å²) in [6.45, 7) is 2.59. The summed E-state index contributed by atoms with van der Waals surface area (Å²) in [5.41, 5.74) is 0.740. The van der Waals surface area contributed by atoms with Gasteiger partial charge in [0.15, 0.2) is 0 Å². The number of pyridine rings is 1. The summed E-state index contributed by atoms with van der Waals surface area (Å²) in [5.74, 6) is 0.208. The van der Waals surface area contributed by atoms with Gasteiger partial charge >= 0.3 is 6.03 Å². The van der Waals surface area contributed by atoms with E-state index in [1.807, 2.05) is 24.6 Å². The number of amides is 2. The summed E-state index contributed by atoms with van der Waals surface area (Å²) in [7, 11) is 0. The number of thioether (sulfide) groups is 1. The van der Waals surface area contributed by atoms with E-state index in [2.05, 4.69) is 20.6 Å². The van der Waals surface area contributed by atoms with Crippen molar-refractivity contribution in [2.45, 2.75) is 17.9 Å². The zero-order valence-corrected chi connectivity index (χ0v) is 12.9. The number of hydrogen-bond acceptors (Lipinski definition) is 5. The lowest BCUT2D eigenvalue weighted by Gasteiger charge is -2.11. The summed E-state index contributed by atoms with van der Waals surface area (Å²) in [5, 5.41) is 9.48. The van der Waals surface area contributed by atoms with Gasteiger partial charge in [0.05, 0.1) is 10.0 Å². The molecule has 2 rings (SSSR count). The minimum Gasteiger partial charge on any atom is -0.337 e. The second-order valence-corrected chi connectivity index (χ2v) is 5.95. The second-order valence-electron chi connectivity index (χ2n) is 4.19. The molecular formula is C13H16N4OS2. The van der Waals surface area contributed by atoms with Crippen LogP contribution in [0.15, 0.2) is 34.9 Å². The van der Waals surface area contributed by atoms with Gasteiger partial charge in [0.25, 0.3) is 0 Å². The predicted molar refractivity (Wildman–Crippen MR) is 83.6 cm³/mol. The van der Waals surface area contributed by atoms with Crippen LogP contribution in [-0.4, -0.2) is 28.8 Å². The number of aromatic nitrogens is 2. The normalized spacial score (nSPS) is 11.9. The minimum absolute atomic E-state index is 0.208. The first-order chi connectivity index (χ1) is 9.69. The van der Waals surface area contributed by atoms with Crippen molar-refractivity contribution in [3.63, 3.8) is 0 Å². The van der Waals surface area contributed by atoms with Crippen molar-refractivity contribution in [2.24, 2.45) is 0 Å². The first-order valence-electron chi connectivity index (χ1n) is 6.13. The molecule has 0 saturated carbocycles. The molecule has 1 atom stereocenters. The molecule has 1 unspecified atom stereocenters. The molecule has 20 heavy (non-hydrogen) atoms. The van der Waals surface area contributed by atoms with Crippen LogP contribution in [-0.2, 0) is 0 Å². The maximum Gasteiger partial charge on any atom is 0.319 e. The van der Waals surface area contributed by atoms with Gasteiger partial charge in [-0.25, -0.2) is 14.8 Å². The van der Waals surface area contributed by atoms with Crippen LogP contribution in [0.3, 0.4) is 0 Å². The van der Waals surface area contributed by atoms with E-state index in [-0.39, 0.29) is 11.9 Å². The molecule has 7 heteroatoms. The Bertz CT molecular complexity index is 559. The molecule has 5 nitrogen and oxygen atoms in total. The Labute approximate surface area is 126 Å². The monoisotopic (exact) mass is 308 g/mol. The van der Waals surface area contributed by atoms with Crippen LogP contribution in [0, 0.1) is 0 Å². The smallest absolute Gasteiger partial charge is 0.319 e. The molecule has 0 aromatic carbocycles. The van der Waals surface area contributed by atoms with Crippen LogP contribution in [0.5, 0.6) is 0 Å². The average Bonchev–Trinajstić information content (AvgIpc) is 2.99. The number of nitrogens with one attached hydrogen (secondary N) is 2. The highest BCUT2D eigenvalue weighted by atomic mass is 32.2. The van der Waals surface area contributed by atoms with Crippen molar-refractivity contribution in [1.82, 2.24) is 15.3 Å². The molecule has 2 amide bonds. The standard InChI is InChI=1S/C13H16N4OS2/c1-9(12-15-5-6-20-12)8-16-13(18)17-10-3-4-14-11(7-10)19-2/h3-7,9H,8H2,1-2H3,(H2,14,16,17,18). The summed E-state index contributed by atoms with van der Waals surface area (Å²) in [6.07, 6.45) is 5.40. The molecule has 0 spiro atoms. The van der Waals surface area contributed by atoms with Crippen LogP contribution in [0.1, 0.15) is 17.8 Å². The molecule has 2 aromatic heterocycles. The van der Waals surface area contributed by atoms with Crippen LogP contribution in [0.2, 0.25) is 0 Å². The first-order valence-corrected chi connectivity index (χ1v) is 8.23. The molecule has 106 valence electrons. The SMILES string of the molecule is CSc1cc(NC(=O)NCC(C)c2nccs2)ccn1. The predicted octanol–water partition coefficient (Wildman–Crippen LogP) is 3.19. The molecule has 0 saturated heterocycles. The molecule has 0 aliphatic rings. The first kappa shape index (κ1) is 14.8. The lowest BCUT2D eigenvalue weighted by Crippen LogP contribution is -2.31. The van der Waals surface area contributed by atoms with Gasteiger partial charge < -0.3 is 10.6 Å². The third-order valence-electron chi connectivity index (χ3n) is 2.64. The van der Waals surface area contributed by atoms with E-state index >= 15 is 0 Å². The van der Waals surface area contributed by atoms with Gasteiger partial charge in [0.2, 0.25) is 0 Å². The van der Waals surface area contributed by atoms with Gasteiger partial charge in [-0.05, 0) is 18.4 Å². The van der Waals surface area contributed by atoms with Gasteiger partial charge in [-0.1, -0.05) is 6.92 Å². The molecule has 2 heterocycles. The molecule has 0 aliphatic heterocycles. The van der Waals surface area contributed by atoms with Crippen molar-refractivity contribution in [1.29, 1.82) is 0 Å². The van der Waals surface area contributed by atoms with E-state index in [0.29, 0.717) is 6.54 Å². The number of anilines is 1. The quantitative estimate of drug-likeness (QED) is 0.833. The molecule has 2 aromatic rings. The molecule has 0 aliphatic carbocycles. The fourth-order valence-electron chi connectivity index (χ4n) is 1.59. The Morgan fingerprint density at radius 1 is 1.45 bits per heavy atom. The van der Waals surface area contributed by atoms with E-state index in [4.69, 9.17) is 0 Å². The topological polar surface area (TPSA) is 66.9 Å². The Hall–Kier alpha value is -1.60. The van der Waals surface area contributed by atoms with E-state index < -0.39 is 0 Å². The zero-order valence-electron chi connectivity index (χ0n) is 11.3. The van der Waals surface area contributed by atoms with Crippen LogP contribution < -0.4 is 10.6 Å². The van der Waals surface area contributed by atoms with Crippen LogP contribution >= 0.6 is 23.1 Å². The Balaban J connectivity index is 1.83. The second kappa shape index (κ2) is 7.25. The van der Waals surface area contributed by atoms with Gasteiger partial charge in [-0.2, -0.15) is 0 Å². The van der Waals surface area contributed by atoms with Crippen molar-refractivity contribution in [2.75, 3.05) is 18.1 Å². The minimum atomic E-state index is -0.216. The van der Waals surface area contributed by atoms with E-state index in [1.54, 1.807) is 29.8 Å². The number of urea groups is 1. The van der Waals surface area contributed by atoms with Crippen molar-refractivity contribution < 1.29 is 4.79 Å². The summed E-state index contributed by atoms with van der Waals surface area (Å²) < 4.78 is 0. The number of nitrogens with zero attached hydrogens (tertiary/aromatic N) is 2. The van der Waals surface area contributed by atoms with Gasteiger partial charge in [0, 0.05) is 35.9 Å². The number of rotatable bonds is 5. The number of hydrogen-bond donors (Lipinski definition) is 2. The molecule has 0 radical (unpaired) electrons. The van der Waals surface area contributed by atoms with Crippen LogP contribution in [0.25, 0.3) is 0 Å². The molecule has 0 bridgehead atoms. The number of thiazole rings is 1. The number of carbonyl (C=O) groups is 1. The van der Waals surface area contributed by atoms with Gasteiger partial charge in [-0.15, -0.1) is 23.1 Å². The Morgan fingerprint density at radius 2 is 2.30 bits per heavy atom. The maximum absolute atomic E-state index is 11.8. The lowest BCUT2D eigenvalue weighted by atomic mass is 10.2.